The Bertz CT molecular complexity index is 1080. The molecule has 2 aromatic carbocycles. The number of rotatable bonds is 5. The molecule has 0 fully saturated rings. The van der Waals surface area contributed by atoms with E-state index in [0.29, 0.717) is 46.1 Å². The molecule has 1 N–H and O–H groups in total. The van der Waals surface area contributed by atoms with Crippen LogP contribution in [0, 0.1) is 11.8 Å². The second-order valence-corrected chi connectivity index (χ2v) is 8.41. The van der Waals surface area contributed by atoms with E-state index in [2.05, 4.69) is 13.8 Å². The maximum atomic E-state index is 12.4. The summed E-state index contributed by atoms with van der Waals surface area (Å²) in [5.74, 6) is 1.70. The fourth-order valence-electron chi connectivity index (χ4n) is 4.69. The molecular formula is C25H30O8. The Hall–Kier alpha value is -3.29. The predicted molar refractivity (Wildman–Crippen MR) is 120 cm³/mol. The summed E-state index contributed by atoms with van der Waals surface area (Å²) >= 11 is 0. The monoisotopic (exact) mass is 458 g/mol. The minimum absolute atomic E-state index is 0.0345. The van der Waals surface area contributed by atoms with E-state index in [1.165, 1.54) is 21.3 Å². The van der Waals surface area contributed by atoms with E-state index in [4.69, 9.17) is 28.4 Å². The highest BCUT2D eigenvalue weighted by Crippen LogP contribution is 2.58. The predicted octanol–water partition coefficient (Wildman–Crippen LogP) is 4.64. The standard InChI is InChI=1S/C25H30O8/c1-7-18(26)33-22-13(3)12(2)8-14-9-16(28-4)23(29-5)21(27)19(14)20-15(22)10-17-24(25(20)30-6)32-11-31-17/h9-10,12-13,22,27H,7-8,11H2,1-6H3/t12-,13-,22+/m1/s1. The molecule has 0 aromatic heterocycles. The summed E-state index contributed by atoms with van der Waals surface area (Å²) in [7, 11) is 4.54. The molecular weight excluding hydrogens is 428 g/mol. The van der Waals surface area contributed by atoms with Gasteiger partial charge in [-0.05, 0) is 30.0 Å². The zero-order chi connectivity index (χ0) is 23.9. The number of esters is 1. The van der Waals surface area contributed by atoms with E-state index in [1.54, 1.807) is 6.92 Å². The zero-order valence-electron chi connectivity index (χ0n) is 19.8. The Labute approximate surface area is 193 Å². The van der Waals surface area contributed by atoms with Crippen LogP contribution in [-0.4, -0.2) is 39.2 Å². The van der Waals surface area contributed by atoms with Gasteiger partial charge in [-0.1, -0.05) is 20.8 Å². The van der Waals surface area contributed by atoms with Crippen molar-refractivity contribution in [1.29, 1.82) is 0 Å². The van der Waals surface area contributed by atoms with Crippen molar-refractivity contribution >= 4 is 5.97 Å². The summed E-state index contributed by atoms with van der Waals surface area (Å²) in [6.07, 6.45) is 0.287. The molecule has 0 radical (unpaired) electrons. The Morgan fingerprint density at radius 2 is 1.79 bits per heavy atom. The van der Waals surface area contributed by atoms with Crippen LogP contribution in [0.25, 0.3) is 11.1 Å². The normalized spacial score (nSPS) is 20.7. The fourth-order valence-corrected chi connectivity index (χ4v) is 4.69. The van der Waals surface area contributed by atoms with E-state index < -0.39 is 6.10 Å². The molecule has 1 aliphatic heterocycles. The van der Waals surface area contributed by atoms with Gasteiger partial charge >= 0.3 is 5.97 Å². The molecule has 4 rings (SSSR count). The molecule has 1 aliphatic carbocycles. The second-order valence-electron chi connectivity index (χ2n) is 8.41. The summed E-state index contributed by atoms with van der Waals surface area (Å²) < 4.78 is 34.1. The first-order valence-corrected chi connectivity index (χ1v) is 11.0. The van der Waals surface area contributed by atoms with Crippen LogP contribution >= 0.6 is 0 Å². The lowest BCUT2D eigenvalue weighted by Crippen LogP contribution is -2.26. The average Bonchev–Trinajstić information content (AvgIpc) is 3.28. The van der Waals surface area contributed by atoms with Gasteiger partial charge in [0.05, 0.1) is 21.3 Å². The van der Waals surface area contributed by atoms with Crippen LogP contribution in [-0.2, 0) is 16.0 Å². The van der Waals surface area contributed by atoms with E-state index in [-0.39, 0.29) is 42.5 Å². The largest absolute Gasteiger partial charge is 0.504 e. The quantitative estimate of drug-likeness (QED) is 0.648. The number of ether oxygens (including phenoxy) is 6. The zero-order valence-corrected chi connectivity index (χ0v) is 19.8. The van der Waals surface area contributed by atoms with Gasteiger partial charge in [0.25, 0.3) is 0 Å². The van der Waals surface area contributed by atoms with Crippen molar-refractivity contribution < 1.29 is 38.3 Å². The number of hydrogen-bond donors (Lipinski definition) is 1. The van der Waals surface area contributed by atoms with Crippen molar-refractivity contribution in [2.75, 3.05) is 28.1 Å². The lowest BCUT2D eigenvalue weighted by molar-refractivity contribution is -0.152. The number of methoxy groups -OCH3 is 3. The van der Waals surface area contributed by atoms with Crippen LogP contribution in [0.5, 0.6) is 34.5 Å². The summed E-state index contributed by atoms with van der Waals surface area (Å²) in [6.45, 7) is 5.97. The molecule has 1 heterocycles. The number of aromatic hydroxyl groups is 1. The van der Waals surface area contributed by atoms with Crippen molar-refractivity contribution in [1.82, 2.24) is 0 Å². The van der Waals surface area contributed by atoms with E-state index in [9.17, 15) is 9.90 Å². The third-order valence-electron chi connectivity index (χ3n) is 6.60. The smallest absolute Gasteiger partial charge is 0.306 e. The molecule has 0 saturated carbocycles. The van der Waals surface area contributed by atoms with Gasteiger partial charge in [0.15, 0.2) is 23.0 Å². The molecule has 178 valence electrons. The molecule has 0 bridgehead atoms. The van der Waals surface area contributed by atoms with Gasteiger partial charge in [-0.3, -0.25) is 4.79 Å². The highest BCUT2D eigenvalue weighted by atomic mass is 16.7. The number of hydrogen-bond acceptors (Lipinski definition) is 8. The van der Waals surface area contributed by atoms with Crippen LogP contribution in [0.15, 0.2) is 12.1 Å². The molecule has 3 atom stereocenters. The minimum Gasteiger partial charge on any atom is -0.504 e. The van der Waals surface area contributed by atoms with Gasteiger partial charge in [-0.2, -0.15) is 0 Å². The summed E-state index contributed by atoms with van der Waals surface area (Å²) in [4.78, 5) is 12.4. The number of carbonyl (C=O) groups is 1. The topological polar surface area (TPSA) is 92.7 Å². The number of carbonyl (C=O) groups excluding carboxylic acids is 1. The highest BCUT2D eigenvalue weighted by Gasteiger charge is 2.39. The van der Waals surface area contributed by atoms with Crippen LogP contribution in [0.4, 0.5) is 0 Å². The molecule has 8 heteroatoms. The summed E-state index contributed by atoms with van der Waals surface area (Å²) in [5.41, 5.74) is 2.67. The summed E-state index contributed by atoms with van der Waals surface area (Å²) in [6, 6.07) is 3.70. The first-order chi connectivity index (χ1) is 15.9. The highest BCUT2D eigenvalue weighted by molar-refractivity contribution is 5.88. The molecule has 0 spiro atoms. The fraction of sp³-hybridized carbons (Fsp3) is 0.480. The van der Waals surface area contributed by atoms with Gasteiger partial charge in [0.2, 0.25) is 18.3 Å². The third-order valence-corrected chi connectivity index (χ3v) is 6.60. The van der Waals surface area contributed by atoms with Crippen molar-refractivity contribution in [3.05, 3.63) is 23.3 Å². The Morgan fingerprint density at radius 1 is 1.06 bits per heavy atom. The van der Waals surface area contributed by atoms with Gasteiger partial charge in [-0.25, -0.2) is 0 Å². The van der Waals surface area contributed by atoms with Crippen LogP contribution in [0.3, 0.4) is 0 Å². The number of fused-ring (bicyclic) bond motifs is 4. The third kappa shape index (κ3) is 3.67. The molecule has 2 aromatic rings. The molecule has 0 amide bonds. The molecule has 0 saturated heterocycles. The van der Waals surface area contributed by atoms with Crippen molar-refractivity contribution in [2.24, 2.45) is 11.8 Å². The first-order valence-electron chi connectivity index (χ1n) is 11.0. The van der Waals surface area contributed by atoms with Gasteiger partial charge < -0.3 is 33.5 Å². The Balaban J connectivity index is 2.12. The molecule has 33 heavy (non-hydrogen) atoms. The SMILES string of the molecule is CCC(=O)O[C@@H]1c2cc3c(c(OC)c2-c2c(cc(OC)c(OC)c2O)C[C@@H](C)[C@H]1C)OCO3. The van der Waals surface area contributed by atoms with Gasteiger partial charge in [0, 0.05) is 29.0 Å². The van der Waals surface area contributed by atoms with Crippen molar-refractivity contribution in [2.45, 2.75) is 39.7 Å². The van der Waals surface area contributed by atoms with E-state index in [0.717, 1.165) is 5.56 Å². The summed E-state index contributed by atoms with van der Waals surface area (Å²) in [5, 5.41) is 11.4. The maximum Gasteiger partial charge on any atom is 0.306 e. The molecule has 8 nitrogen and oxygen atoms in total. The Kier molecular flexibility index (Phi) is 6.19. The van der Waals surface area contributed by atoms with Crippen LogP contribution in [0.1, 0.15) is 44.4 Å². The number of phenolic OH excluding ortho intramolecular Hbond substituents is 1. The van der Waals surface area contributed by atoms with Crippen LogP contribution in [0.2, 0.25) is 0 Å². The van der Waals surface area contributed by atoms with E-state index >= 15 is 0 Å². The van der Waals surface area contributed by atoms with Gasteiger partial charge in [-0.15, -0.1) is 0 Å². The Morgan fingerprint density at radius 3 is 2.42 bits per heavy atom. The lowest BCUT2D eigenvalue weighted by atomic mass is 9.76. The number of benzene rings is 2. The average molecular weight is 459 g/mol. The molecule has 0 unspecified atom stereocenters. The minimum atomic E-state index is -0.577. The second kappa shape index (κ2) is 8.92. The molecule has 2 aliphatic rings. The van der Waals surface area contributed by atoms with E-state index in [1.807, 2.05) is 12.1 Å². The van der Waals surface area contributed by atoms with Crippen LogP contribution < -0.4 is 23.7 Å². The van der Waals surface area contributed by atoms with Crippen molar-refractivity contribution in [3.8, 4) is 45.6 Å². The maximum absolute atomic E-state index is 12.4. The number of phenols is 1. The van der Waals surface area contributed by atoms with Crippen molar-refractivity contribution in [3.63, 3.8) is 0 Å². The lowest BCUT2D eigenvalue weighted by Gasteiger charge is -2.34. The first kappa shape index (κ1) is 22.9. The van der Waals surface area contributed by atoms with Gasteiger partial charge in [0.1, 0.15) is 6.10 Å².